The SMILES string of the molecule is FC(F)(F)COc1ccc(NCC2CCCCCC2)cc1. The Morgan fingerprint density at radius 3 is 2.19 bits per heavy atom. The molecule has 1 fully saturated rings. The number of anilines is 1. The lowest BCUT2D eigenvalue weighted by atomic mass is 10.0. The molecule has 0 aromatic heterocycles. The molecule has 0 bridgehead atoms. The number of alkyl halides is 3. The molecule has 1 saturated carbocycles. The summed E-state index contributed by atoms with van der Waals surface area (Å²) in [5.74, 6) is 0.945. The van der Waals surface area contributed by atoms with Crippen LogP contribution in [-0.2, 0) is 0 Å². The zero-order valence-corrected chi connectivity index (χ0v) is 12.1. The van der Waals surface area contributed by atoms with Gasteiger partial charge in [0.25, 0.3) is 0 Å². The molecule has 2 rings (SSSR count). The van der Waals surface area contributed by atoms with Gasteiger partial charge in [0, 0.05) is 12.2 Å². The van der Waals surface area contributed by atoms with E-state index < -0.39 is 12.8 Å². The van der Waals surface area contributed by atoms with Crippen LogP contribution in [0.5, 0.6) is 5.75 Å². The number of benzene rings is 1. The molecular weight excluding hydrogens is 279 g/mol. The minimum Gasteiger partial charge on any atom is -0.484 e. The highest BCUT2D eigenvalue weighted by molar-refractivity contribution is 5.46. The standard InChI is InChI=1S/C16H22F3NO/c17-16(18,19)12-21-15-9-7-14(8-10-15)20-11-13-5-3-1-2-4-6-13/h7-10,13,20H,1-6,11-12H2. The molecule has 2 nitrogen and oxygen atoms in total. The maximum Gasteiger partial charge on any atom is 0.422 e. The van der Waals surface area contributed by atoms with Crippen molar-refractivity contribution in [1.82, 2.24) is 0 Å². The van der Waals surface area contributed by atoms with Crippen molar-refractivity contribution in [3.63, 3.8) is 0 Å². The summed E-state index contributed by atoms with van der Waals surface area (Å²) in [6.45, 7) is -0.315. The van der Waals surface area contributed by atoms with Crippen molar-refractivity contribution in [1.29, 1.82) is 0 Å². The predicted octanol–water partition coefficient (Wildman–Crippen LogP) is 5.01. The van der Waals surface area contributed by atoms with E-state index in [4.69, 9.17) is 0 Å². The van der Waals surface area contributed by atoms with Gasteiger partial charge in [-0.3, -0.25) is 0 Å². The third-order valence-electron chi connectivity index (χ3n) is 3.83. The van der Waals surface area contributed by atoms with Crippen LogP contribution < -0.4 is 10.1 Å². The first-order chi connectivity index (χ1) is 10.0. The summed E-state index contributed by atoms with van der Waals surface area (Å²) >= 11 is 0. The quantitative estimate of drug-likeness (QED) is 0.772. The summed E-state index contributed by atoms with van der Waals surface area (Å²) in [7, 11) is 0. The zero-order valence-electron chi connectivity index (χ0n) is 12.1. The van der Waals surface area contributed by atoms with Crippen LogP contribution in [0.4, 0.5) is 18.9 Å². The second-order valence-corrected chi connectivity index (χ2v) is 5.67. The average molecular weight is 301 g/mol. The lowest BCUT2D eigenvalue weighted by Crippen LogP contribution is -2.19. The highest BCUT2D eigenvalue weighted by Crippen LogP contribution is 2.24. The van der Waals surface area contributed by atoms with Crippen molar-refractivity contribution in [2.75, 3.05) is 18.5 Å². The van der Waals surface area contributed by atoms with E-state index in [9.17, 15) is 13.2 Å². The zero-order chi connectivity index (χ0) is 15.1. The number of nitrogens with one attached hydrogen (secondary N) is 1. The fourth-order valence-corrected chi connectivity index (χ4v) is 2.66. The second-order valence-electron chi connectivity index (χ2n) is 5.67. The summed E-state index contributed by atoms with van der Waals surface area (Å²) in [6.07, 6.45) is 3.51. The predicted molar refractivity (Wildman–Crippen MR) is 77.7 cm³/mol. The first-order valence-electron chi connectivity index (χ1n) is 7.56. The molecule has 0 spiro atoms. The van der Waals surface area contributed by atoms with Gasteiger partial charge in [0.05, 0.1) is 0 Å². The van der Waals surface area contributed by atoms with Crippen molar-refractivity contribution >= 4 is 5.69 Å². The Hall–Kier alpha value is -1.39. The van der Waals surface area contributed by atoms with Gasteiger partial charge in [-0.05, 0) is 43.0 Å². The Balaban J connectivity index is 1.76. The second kappa shape index (κ2) is 7.57. The average Bonchev–Trinajstić information content (AvgIpc) is 2.72. The van der Waals surface area contributed by atoms with Crippen LogP contribution in [0.1, 0.15) is 38.5 Å². The minimum atomic E-state index is -4.30. The Morgan fingerprint density at radius 1 is 1.00 bits per heavy atom. The number of hydrogen-bond acceptors (Lipinski definition) is 2. The first-order valence-corrected chi connectivity index (χ1v) is 7.56. The topological polar surface area (TPSA) is 21.3 Å². The van der Waals surface area contributed by atoms with E-state index in [0.717, 1.165) is 12.2 Å². The van der Waals surface area contributed by atoms with Gasteiger partial charge in [0.15, 0.2) is 6.61 Å². The molecule has 0 radical (unpaired) electrons. The van der Waals surface area contributed by atoms with E-state index in [-0.39, 0.29) is 5.75 Å². The normalized spacial score (nSPS) is 17.3. The molecular formula is C16H22F3NO. The third kappa shape index (κ3) is 6.27. The van der Waals surface area contributed by atoms with E-state index in [2.05, 4.69) is 10.1 Å². The smallest absolute Gasteiger partial charge is 0.422 e. The molecule has 0 amide bonds. The van der Waals surface area contributed by atoms with Crippen molar-refractivity contribution in [2.45, 2.75) is 44.7 Å². The minimum absolute atomic E-state index is 0.243. The van der Waals surface area contributed by atoms with Crippen LogP contribution in [-0.4, -0.2) is 19.3 Å². The van der Waals surface area contributed by atoms with Crippen LogP contribution in [0.15, 0.2) is 24.3 Å². The van der Waals surface area contributed by atoms with Gasteiger partial charge < -0.3 is 10.1 Å². The molecule has 118 valence electrons. The number of ether oxygens (including phenoxy) is 1. The Labute approximate surface area is 123 Å². The first kappa shape index (κ1) is 16.0. The third-order valence-corrected chi connectivity index (χ3v) is 3.83. The summed E-state index contributed by atoms with van der Waals surface area (Å²) in [5, 5.41) is 3.36. The van der Waals surface area contributed by atoms with E-state index in [1.165, 1.54) is 38.5 Å². The monoisotopic (exact) mass is 301 g/mol. The van der Waals surface area contributed by atoms with Crippen LogP contribution in [0.3, 0.4) is 0 Å². The van der Waals surface area contributed by atoms with Crippen LogP contribution >= 0.6 is 0 Å². The highest BCUT2D eigenvalue weighted by Gasteiger charge is 2.28. The van der Waals surface area contributed by atoms with E-state index in [0.29, 0.717) is 5.92 Å². The van der Waals surface area contributed by atoms with Crippen molar-refractivity contribution in [3.05, 3.63) is 24.3 Å². The molecule has 0 aliphatic heterocycles. The Morgan fingerprint density at radius 2 is 1.62 bits per heavy atom. The highest BCUT2D eigenvalue weighted by atomic mass is 19.4. The summed E-state index contributed by atoms with van der Waals surface area (Å²) < 4.78 is 40.8. The van der Waals surface area contributed by atoms with Crippen molar-refractivity contribution < 1.29 is 17.9 Å². The maximum atomic E-state index is 12.0. The lowest BCUT2D eigenvalue weighted by molar-refractivity contribution is -0.153. The number of halogens is 3. The number of rotatable bonds is 5. The van der Waals surface area contributed by atoms with E-state index in [1.54, 1.807) is 24.3 Å². The Kier molecular flexibility index (Phi) is 5.76. The molecule has 1 N–H and O–H groups in total. The summed E-state index contributed by atoms with van der Waals surface area (Å²) in [4.78, 5) is 0. The largest absolute Gasteiger partial charge is 0.484 e. The molecule has 5 heteroatoms. The molecule has 0 heterocycles. The van der Waals surface area contributed by atoms with Crippen molar-refractivity contribution in [3.8, 4) is 5.75 Å². The summed E-state index contributed by atoms with van der Waals surface area (Å²) in [6, 6.07) is 6.67. The molecule has 1 aliphatic rings. The van der Waals surface area contributed by atoms with Gasteiger partial charge in [0.2, 0.25) is 0 Å². The van der Waals surface area contributed by atoms with Gasteiger partial charge in [-0.2, -0.15) is 13.2 Å². The molecule has 1 aromatic carbocycles. The fraction of sp³-hybridized carbons (Fsp3) is 0.625. The van der Waals surface area contributed by atoms with Gasteiger partial charge in [-0.25, -0.2) is 0 Å². The van der Waals surface area contributed by atoms with Crippen LogP contribution in [0.2, 0.25) is 0 Å². The fourth-order valence-electron chi connectivity index (χ4n) is 2.66. The lowest BCUT2D eigenvalue weighted by Gasteiger charge is -2.16. The van der Waals surface area contributed by atoms with E-state index in [1.807, 2.05) is 0 Å². The van der Waals surface area contributed by atoms with Crippen molar-refractivity contribution in [2.24, 2.45) is 5.92 Å². The van der Waals surface area contributed by atoms with Gasteiger partial charge in [0.1, 0.15) is 5.75 Å². The molecule has 21 heavy (non-hydrogen) atoms. The summed E-state index contributed by atoms with van der Waals surface area (Å²) in [5.41, 5.74) is 0.929. The van der Waals surface area contributed by atoms with Crippen LogP contribution in [0.25, 0.3) is 0 Å². The van der Waals surface area contributed by atoms with E-state index >= 15 is 0 Å². The molecule has 1 aromatic rings. The number of hydrogen-bond donors (Lipinski definition) is 1. The molecule has 0 atom stereocenters. The van der Waals surface area contributed by atoms with Crippen LogP contribution in [0, 0.1) is 5.92 Å². The molecule has 0 unspecified atom stereocenters. The van der Waals surface area contributed by atoms with Gasteiger partial charge in [-0.15, -0.1) is 0 Å². The van der Waals surface area contributed by atoms with Gasteiger partial charge in [-0.1, -0.05) is 25.7 Å². The Bertz CT molecular complexity index is 409. The maximum absolute atomic E-state index is 12.0. The molecule has 1 aliphatic carbocycles. The van der Waals surface area contributed by atoms with Gasteiger partial charge >= 0.3 is 6.18 Å². The molecule has 0 saturated heterocycles.